The van der Waals surface area contributed by atoms with Crippen molar-refractivity contribution < 1.29 is 18.0 Å². The van der Waals surface area contributed by atoms with Crippen LogP contribution in [-0.4, -0.2) is 50.7 Å². The topological polar surface area (TPSA) is 95.6 Å². The number of rotatable bonds is 7. The molecule has 1 aliphatic carbocycles. The van der Waals surface area contributed by atoms with Gasteiger partial charge in [-0.2, -0.15) is 4.31 Å². The van der Waals surface area contributed by atoms with Gasteiger partial charge in [-0.05, 0) is 25.0 Å². The number of carbonyl (C=O) groups is 2. The van der Waals surface area contributed by atoms with E-state index in [9.17, 15) is 18.0 Å². The summed E-state index contributed by atoms with van der Waals surface area (Å²) in [5, 5.41) is 5.12. The number of thiophene rings is 1. The molecule has 0 aliphatic heterocycles. The van der Waals surface area contributed by atoms with Crippen molar-refractivity contribution in [2.75, 3.05) is 20.1 Å². The van der Waals surface area contributed by atoms with Gasteiger partial charge in [-0.3, -0.25) is 9.59 Å². The molecular weight excluding hydrogens is 350 g/mol. The minimum atomic E-state index is -3.75. The predicted molar refractivity (Wildman–Crippen MR) is 83.3 cm³/mol. The molecule has 2 amide bonds. The van der Waals surface area contributed by atoms with Crippen LogP contribution in [0.4, 0.5) is 0 Å². The average molecular weight is 366 g/mol. The Morgan fingerprint density at radius 1 is 1.36 bits per heavy atom. The van der Waals surface area contributed by atoms with Crippen LogP contribution in [0.2, 0.25) is 4.34 Å². The lowest BCUT2D eigenvalue weighted by molar-refractivity contribution is -0.126. The van der Waals surface area contributed by atoms with E-state index in [0.717, 1.165) is 28.5 Å². The van der Waals surface area contributed by atoms with Crippen LogP contribution in [0.25, 0.3) is 0 Å². The first-order valence-electron chi connectivity index (χ1n) is 6.57. The molecule has 0 atom stereocenters. The summed E-state index contributed by atoms with van der Waals surface area (Å²) < 4.78 is 25.7. The Bertz CT molecular complexity index is 670. The number of hydrogen-bond acceptors (Lipinski definition) is 5. The molecule has 0 aromatic carbocycles. The Morgan fingerprint density at radius 3 is 2.59 bits per heavy atom. The van der Waals surface area contributed by atoms with E-state index in [1.165, 1.54) is 19.2 Å². The van der Waals surface area contributed by atoms with E-state index in [-0.39, 0.29) is 29.2 Å². The van der Waals surface area contributed by atoms with Crippen LogP contribution in [0.1, 0.15) is 12.8 Å². The summed E-state index contributed by atoms with van der Waals surface area (Å²) >= 11 is 6.64. The molecule has 2 N–H and O–H groups in total. The van der Waals surface area contributed by atoms with Gasteiger partial charge in [-0.15, -0.1) is 11.3 Å². The molecule has 0 radical (unpaired) electrons. The van der Waals surface area contributed by atoms with Gasteiger partial charge >= 0.3 is 0 Å². The third-order valence-corrected chi connectivity index (χ3v) is 6.47. The molecule has 2 rings (SSSR count). The van der Waals surface area contributed by atoms with Gasteiger partial charge in [0, 0.05) is 13.1 Å². The van der Waals surface area contributed by atoms with E-state index >= 15 is 0 Å². The van der Waals surface area contributed by atoms with Gasteiger partial charge in [-0.25, -0.2) is 8.42 Å². The van der Waals surface area contributed by atoms with Crippen molar-refractivity contribution in [3.05, 3.63) is 16.5 Å². The Labute approximate surface area is 137 Å². The lowest BCUT2D eigenvalue weighted by atomic mass is 10.5. The molecule has 122 valence electrons. The first-order chi connectivity index (χ1) is 10.3. The normalized spacial score (nSPS) is 14.9. The van der Waals surface area contributed by atoms with Crippen LogP contribution >= 0.6 is 22.9 Å². The summed E-state index contributed by atoms with van der Waals surface area (Å²) in [5.41, 5.74) is 0. The minimum Gasteiger partial charge on any atom is -0.352 e. The van der Waals surface area contributed by atoms with E-state index in [4.69, 9.17) is 11.6 Å². The van der Waals surface area contributed by atoms with Gasteiger partial charge in [0.15, 0.2) is 0 Å². The second-order valence-corrected chi connectivity index (χ2v) is 8.92. The van der Waals surface area contributed by atoms with Crippen molar-refractivity contribution in [2.45, 2.75) is 23.1 Å². The maximum atomic E-state index is 12.2. The van der Waals surface area contributed by atoms with Crippen LogP contribution in [-0.2, 0) is 19.6 Å². The van der Waals surface area contributed by atoms with E-state index in [1.54, 1.807) is 0 Å². The molecule has 1 aromatic heterocycles. The molecule has 0 unspecified atom stereocenters. The number of likely N-dealkylation sites (N-methyl/N-ethyl adjacent to an activating group) is 1. The first kappa shape index (κ1) is 17.2. The number of sulfonamides is 1. The fourth-order valence-electron chi connectivity index (χ4n) is 1.62. The first-order valence-corrected chi connectivity index (χ1v) is 9.20. The number of hydrogen-bond donors (Lipinski definition) is 2. The van der Waals surface area contributed by atoms with Crippen LogP contribution in [0.15, 0.2) is 16.3 Å². The third-order valence-electron chi connectivity index (χ3n) is 2.97. The highest BCUT2D eigenvalue weighted by atomic mass is 35.5. The number of carbonyl (C=O) groups excluding carboxylic acids is 2. The Morgan fingerprint density at radius 2 is 2.05 bits per heavy atom. The fourth-order valence-corrected chi connectivity index (χ4v) is 4.44. The van der Waals surface area contributed by atoms with Crippen molar-refractivity contribution in [1.82, 2.24) is 14.9 Å². The molecule has 22 heavy (non-hydrogen) atoms. The highest BCUT2D eigenvalue weighted by Crippen LogP contribution is 2.27. The smallest absolute Gasteiger partial charge is 0.252 e. The molecule has 0 bridgehead atoms. The van der Waals surface area contributed by atoms with Gasteiger partial charge in [0.05, 0.1) is 17.4 Å². The molecule has 1 heterocycles. The number of amides is 2. The molecule has 0 spiro atoms. The van der Waals surface area contributed by atoms with Crippen LogP contribution < -0.4 is 10.6 Å². The van der Waals surface area contributed by atoms with Crippen LogP contribution in [0.5, 0.6) is 0 Å². The maximum Gasteiger partial charge on any atom is 0.252 e. The van der Waals surface area contributed by atoms with Crippen molar-refractivity contribution in [2.24, 2.45) is 0 Å². The summed E-state index contributed by atoms with van der Waals surface area (Å²) in [6, 6.07) is 3.09. The molecule has 1 aromatic rings. The zero-order valence-corrected chi connectivity index (χ0v) is 14.2. The molecule has 1 saturated carbocycles. The standard InChI is InChI=1S/C12H16ClN3O4S2/c1-16(22(19,20)12-5-4-9(13)21-12)7-11(18)14-6-10(17)15-8-2-3-8/h4-5,8H,2-3,6-7H2,1H3,(H,14,18)(H,15,17). The summed E-state index contributed by atoms with van der Waals surface area (Å²) in [4.78, 5) is 23.2. The van der Waals surface area contributed by atoms with Crippen LogP contribution in [0.3, 0.4) is 0 Å². The summed E-state index contributed by atoms with van der Waals surface area (Å²) in [6.07, 6.45) is 1.92. The molecule has 1 aliphatic rings. The number of nitrogens with one attached hydrogen (secondary N) is 2. The zero-order valence-electron chi connectivity index (χ0n) is 11.8. The largest absolute Gasteiger partial charge is 0.352 e. The second kappa shape index (κ2) is 6.95. The lowest BCUT2D eigenvalue weighted by Crippen LogP contribution is -2.42. The van der Waals surface area contributed by atoms with E-state index in [2.05, 4.69) is 10.6 Å². The summed E-state index contributed by atoms with van der Waals surface area (Å²) in [5.74, 6) is -0.814. The number of nitrogens with zero attached hydrogens (tertiary/aromatic N) is 1. The summed E-state index contributed by atoms with van der Waals surface area (Å²) in [6.45, 7) is -0.525. The second-order valence-electron chi connectivity index (χ2n) is 4.94. The van der Waals surface area contributed by atoms with Crippen molar-refractivity contribution in [1.29, 1.82) is 0 Å². The fraction of sp³-hybridized carbons (Fsp3) is 0.500. The molecule has 0 saturated heterocycles. The van der Waals surface area contributed by atoms with E-state index in [1.807, 2.05) is 0 Å². The van der Waals surface area contributed by atoms with Gasteiger partial charge in [0.1, 0.15) is 4.21 Å². The SMILES string of the molecule is CN(CC(=O)NCC(=O)NC1CC1)S(=O)(=O)c1ccc(Cl)s1. The monoisotopic (exact) mass is 365 g/mol. The van der Waals surface area contributed by atoms with Crippen LogP contribution in [0, 0.1) is 0 Å². The maximum absolute atomic E-state index is 12.2. The number of halogens is 1. The zero-order chi connectivity index (χ0) is 16.3. The molecule has 7 nitrogen and oxygen atoms in total. The van der Waals surface area contributed by atoms with Gasteiger partial charge in [0.25, 0.3) is 10.0 Å². The lowest BCUT2D eigenvalue weighted by Gasteiger charge is -2.15. The molecule has 10 heteroatoms. The Balaban J connectivity index is 1.83. The highest BCUT2D eigenvalue weighted by molar-refractivity contribution is 7.91. The molecular formula is C12H16ClN3O4S2. The van der Waals surface area contributed by atoms with Gasteiger partial charge in [-0.1, -0.05) is 11.6 Å². The van der Waals surface area contributed by atoms with Crippen molar-refractivity contribution in [3.63, 3.8) is 0 Å². The van der Waals surface area contributed by atoms with E-state index < -0.39 is 15.9 Å². The third kappa shape index (κ3) is 4.67. The average Bonchev–Trinajstić information content (AvgIpc) is 3.14. The van der Waals surface area contributed by atoms with Crippen molar-refractivity contribution >= 4 is 44.8 Å². The predicted octanol–water partition coefficient (Wildman–Crippen LogP) is 0.417. The summed E-state index contributed by atoms with van der Waals surface area (Å²) in [7, 11) is -2.46. The van der Waals surface area contributed by atoms with Crippen molar-refractivity contribution in [3.8, 4) is 0 Å². The van der Waals surface area contributed by atoms with E-state index in [0.29, 0.717) is 4.34 Å². The van der Waals surface area contributed by atoms with Gasteiger partial charge < -0.3 is 10.6 Å². The molecule has 1 fully saturated rings. The minimum absolute atomic E-state index is 0.0688. The quantitative estimate of drug-likeness (QED) is 0.731. The highest BCUT2D eigenvalue weighted by Gasteiger charge is 2.26. The Kier molecular flexibility index (Phi) is 5.43. The van der Waals surface area contributed by atoms with Gasteiger partial charge in [0.2, 0.25) is 11.8 Å². The Hall–Kier alpha value is -1.16.